The molecule has 0 unspecified atom stereocenters. The van der Waals surface area contributed by atoms with Crippen LogP contribution in [0.3, 0.4) is 0 Å². The van der Waals surface area contributed by atoms with E-state index in [1.807, 2.05) is 68.4 Å². The van der Waals surface area contributed by atoms with E-state index in [0.717, 1.165) is 22.3 Å². The minimum absolute atomic E-state index is 0.263. The van der Waals surface area contributed by atoms with Crippen LogP contribution in [0.4, 0.5) is 0 Å². The fourth-order valence-corrected chi connectivity index (χ4v) is 4.84. The zero-order valence-electron chi connectivity index (χ0n) is 16.6. The summed E-state index contributed by atoms with van der Waals surface area (Å²) in [6, 6.07) is 20.4. The first-order valence-electron chi connectivity index (χ1n) is 9.11. The average Bonchev–Trinajstić information content (AvgIpc) is 2.68. The van der Waals surface area contributed by atoms with Crippen molar-refractivity contribution < 1.29 is 13.2 Å². The lowest BCUT2D eigenvalue weighted by Gasteiger charge is -2.21. The van der Waals surface area contributed by atoms with Crippen LogP contribution in [0.15, 0.2) is 71.6 Å². The molecule has 3 aromatic carbocycles. The first-order valence-corrected chi connectivity index (χ1v) is 10.6. The van der Waals surface area contributed by atoms with Gasteiger partial charge in [0.25, 0.3) is 0 Å². The van der Waals surface area contributed by atoms with E-state index in [1.54, 1.807) is 26.2 Å². The molecule has 0 aromatic heterocycles. The molecule has 1 atom stereocenters. The van der Waals surface area contributed by atoms with Gasteiger partial charge in [-0.15, -0.1) is 0 Å². The van der Waals surface area contributed by atoms with Crippen LogP contribution >= 0.6 is 0 Å². The van der Waals surface area contributed by atoms with E-state index in [4.69, 9.17) is 4.74 Å². The molecule has 0 spiro atoms. The van der Waals surface area contributed by atoms with Crippen molar-refractivity contribution in [3.05, 3.63) is 94.5 Å². The maximum absolute atomic E-state index is 13.3. The van der Waals surface area contributed by atoms with E-state index in [-0.39, 0.29) is 4.90 Å². The highest BCUT2D eigenvalue weighted by Crippen LogP contribution is 2.29. The molecule has 0 aliphatic carbocycles. The van der Waals surface area contributed by atoms with Gasteiger partial charge in [-0.1, -0.05) is 60.2 Å². The number of sulfonamides is 1. The normalized spacial score (nSPS) is 12.6. The van der Waals surface area contributed by atoms with Crippen LogP contribution in [-0.4, -0.2) is 15.5 Å². The van der Waals surface area contributed by atoms with Crippen LogP contribution in [0.25, 0.3) is 0 Å². The minimum Gasteiger partial charge on any atom is -0.496 e. The summed E-state index contributed by atoms with van der Waals surface area (Å²) in [6.07, 6.45) is 0. The van der Waals surface area contributed by atoms with Crippen LogP contribution in [0, 0.1) is 20.8 Å². The summed E-state index contributed by atoms with van der Waals surface area (Å²) in [5, 5.41) is 0. The Morgan fingerprint density at radius 2 is 1.50 bits per heavy atom. The summed E-state index contributed by atoms with van der Waals surface area (Å²) in [5.74, 6) is 0.676. The summed E-state index contributed by atoms with van der Waals surface area (Å²) in [4.78, 5) is 0.263. The first-order chi connectivity index (χ1) is 13.3. The summed E-state index contributed by atoms with van der Waals surface area (Å²) in [5.41, 5.74) is 4.29. The van der Waals surface area contributed by atoms with E-state index >= 15 is 0 Å². The second-order valence-corrected chi connectivity index (χ2v) is 8.65. The standard InChI is InChI=1S/C23H25NO3S/c1-16-9-8-12-20(13-16)23(19-10-6-5-7-11-19)24-28(25,26)22-15-17(2)21(27-4)14-18(22)3/h5-15,23-24H,1-4H3/t23-/m0/s1. The van der Waals surface area contributed by atoms with E-state index in [1.165, 1.54) is 0 Å². The maximum Gasteiger partial charge on any atom is 0.241 e. The zero-order valence-corrected chi connectivity index (χ0v) is 17.4. The lowest BCUT2D eigenvalue weighted by molar-refractivity contribution is 0.411. The van der Waals surface area contributed by atoms with Gasteiger partial charge >= 0.3 is 0 Å². The second kappa shape index (κ2) is 8.17. The van der Waals surface area contributed by atoms with Gasteiger partial charge in [0.1, 0.15) is 5.75 Å². The number of rotatable bonds is 6. The van der Waals surface area contributed by atoms with Crippen molar-refractivity contribution in [3.8, 4) is 5.75 Å². The Balaban J connectivity index is 2.07. The molecular formula is C23H25NO3S. The number of hydrogen-bond donors (Lipinski definition) is 1. The lowest BCUT2D eigenvalue weighted by atomic mass is 9.98. The van der Waals surface area contributed by atoms with Crippen molar-refractivity contribution in [1.29, 1.82) is 0 Å². The highest BCUT2D eigenvalue weighted by atomic mass is 32.2. The third-order valence-corrected chi connectivity index (χ3v) is 6.33. The van der Waals surface area contributed by atoms with Crippen molar-refractivity contribution in [2.75, 3.05) is 7.11 Å². The topological polar surface area (TPSA) is 55.4 Å². The Bertz CT molecular complexity index is 1080. The zero-order chi connectivity index (χ0) is 20.3. The number of methoxy groups -OCH3 is 1. The van der Waals surface area contributed by atoms with Crippen molar-refractivity contribution in [3.63, 3.8) is 0 Å². The van der Waals surface area contributed by atoms with E-state index in [9.17, 15) is 8.42 Å². The second-order valence-electron chi connectivity index (χ2n) is 6.97. The van der Waals surface area contributed by atoms with Crippen LogP contribution in [-0.2, 0) is 10.0 Å². The van der Waals surface area contributed by atoms with Gasteiger partial charge in [-0.25, -0.2) is 8.42 Å². The molecule has 3 aromatic rings. The van der Waals surface area contributed by atoms with Crippen LogP contribution in [0.2, 0.25) is 0 Å². The van der Waals surface area contributed by atoms with Gasteiger partial charge in [0.05, 0.1) is 18.0 Å². The molecule has 0 radical (unpaired) electrons. The molecule has 0 aliphatic rings. The molecule has 0 aliphatic heterocycles. The van der Waals surface area contributed by atoms with Gasteiger partial charge in [0.2, 0.25) is 10.0 Å². The van der Waals surface area contributed by atoms with Gasteiger partial charge in [0.15, 0.2) is 0 Å². The molecule has 1 N–H and O–H groups in total. The quantitative estimate of drug-likeness (QED) is 0.659. The molecule has 4 nitrogen and oxygen atoms in total. The largest absolute Gasteiger partial charge is 0.496 e. The molecule has 0 saturated carbocycles. The van der Waals surface area contributed by atoms with Gasteiger partial charge in [0, 0.05) is 0 Å². The fourth-order valence-electron chi connectivity index (χ4n) is 3.31. The van der Waals surface area contributed by atoms with Crippen molar-refractivity contribution in [2.24, 2.45) is 0 Å². The molecule has 5 heteroatoms. The number of nitrogens with one attached hydrogen (secondary N) is 1. The van der Waals surface area contributed by atoms with Crippen molar-refractivity contribution >= 4 is 10.0 Å². The summed E-state index contributed by atoms with van der Waals surface area (Å²) in [6.45, 7) is 5.62. The fraction of sp³-hybridized carbons (Fsp3) is 0.217. The average molecular weight is 396 g/mol. The molecule has 0 saturated heterocycles. The first kappa shape index (κ1) is 20.1. The summed E-state index contributed by atoms with van der Waals surface area (Å²) >= 11 is 0. The molecule has 146 valence electrons. The Labute approximate surface area is 167 Å². The van der Waals surface area contributed by atoms with Crippen LogP contribution in [0.5, 0.6) is 5.75 Å². The van der Waals surface area contributed by atoms with Gasteiger partial charge in [-0.05, 0) is 55.2 Å². The predicted molar refractivity (Wildman–Crippen MR) is 112 cm³/mol. The van der Waals surface area contributed by atoms with Gasteiger partial charge in [-0.2, -0.15) is 4.72 Å². The Hall–Kier alpha value is -2.63. The highest BCUT2D eigenvalue weighted by Gasteiger charge is 2.25. The van der Waals surface area contributed by atoms with E-state index in [0.29, 0.717) is 11.3 Å². The predicted octanol–water partition coefficient (Wildman–Crippen LogP) is 4.69. The molecule has 0 amide bonds. The maximum atomic E-state index is 13.3. The van der Waals surface area contributed by atoms with Gasteiger partial charge in [-0.3, -0.25) is 0 Å². The molecule has 0 fully saturated rings. The van der Waals surface area contributed by atoms with Crippen molar-refractivity contribution in [1.82, 2.24) is 4.72 Å². The number of benzene rings is 3. The Morgan fingerprint density at radius 3 is 2.14 bits per heavy atom. The molecular weight excluding hydrogens is 370 g/mol. The van der Waals surface area contributed by atoms with E-state index < -0.39 is 16.1 Å². The van der Waals surface area contributed by atoms with E-state index in [2.05, 4.69) is 4.72 Å². The van der Waals surface area contributed by atoms with Crippen LogP contribution in [0.1, 0.15) is 33.9 Å². The van der Waals surface area contributed by atoms with Crippen LogP contribution < -0.4 is 9.46 Å². The number of aryl methyl sites for hydroxylation is 3. The third kappa shape index (κ3) is 4.26. The third-order valence-electron chi connectivity index (χ3n) is 4.76. The number of hydrogen-bond acceptors (Lipinski definition) is 3. The Kier molecular flexibility index (Phi) is 5.87. The lowest BCUT2D eigenvalue weighted by Crippen LogP contribution is -2.30. The smallest absolute Gasteiger partial charge is 0.241 e. The molecule has 3 rings (SSSR count). The number of ether oxygens (including phenoxy) is 1. The molecule has 28 heavy (non-hydrogen) atoms. The monoisotopic (exact) mass is 395 g/mol. The summed E-state index contributed by atoms with van der Waals surface area (Å²) in [7, 11) is -2.17. The molecule has 0 bridgehead atoms. The highest BCUT2D eigenvalue weighted by molar-refractivity contribution is 7.89. The minimum atomic E-state index is -3.75. The van der Waals surface area contributed by atoms with Gasteiger partial charge < -0.3 is 4.74 Å². The SMILES string of the molecule is COc1cc(C)c(S(=O)(=O)N[C@@H](c2ccccc2)c2cccc(C)c2)cc1C. The molecule has 0 heterocycles. The Morgan fingerprint density at radius 1 is 0.821 bits per heavy atom. The van der Waals surface area contributed by atoms with Crippen molar-refractivity contribution in [2.45, 2.75) is 31.7 Å². The summed E-state index contributed by atoms with van der Waals surface area (Å²) < 4.78 is 34.8.